The number of aryl methyl sites for hydroxylation is 3. The molecule has 0 saturated carbocycles. The van der Waals surface area contributed by atoms with Gasteiger partial charge in [0, 0.05) is 10.7 Å². The highest BCUT2D eigenvalue weighted by atomic mass is 35.5. The van der Waals surface area contributed by atoms with E-state index in [4.69, 9.17) is 11.6 Å². The van der Waals surface area contributed by atoms with Gasteiger partial charge in [0.05, 0.1) is 17.0 Å². The second-order valence-corrected chi connectivity index (χ2v) is 7.31. The number of aromatic nitrogens is 4. The van der Waals surface area contributed by atoms with E-state index in [1.807, 2.05) is 69.3 Å². The van der Waals surface area contributed by atoms with Crippen molar-refractivity contribution in [2.75, 3.05) is 5.32 Å². The second-order valence-electron chi connectivity index (χ2n) is 6.88. The molecule has 2 aromatic carbocycles. The predicted molar refractivity (Wildman–Crippen MR) is 114 cm³/mol. The number of hydrogen-bond donors (Lipinski definition) is 1. The number of nitrogens with one attached hydrogen (secondary N) is 1. The predicted octanol–water partition coefficient (Wildman–Crippen LogP) is 4.88. The van der Waals surface area contributed by atoms with Gasteiger partial charge in [0.2, 0.25) is 0 Å². The van der Waals surface area contributed by atoms with Crippen LogP contribution in [0.15, 0.2) is 48.5 Å². The van der Waals surface area contributed by atoms with Crippen molar-refractivity contribution in [3.63, 3.8) is 0 Å². The summed E-state index contributed by atoms with van der Waals surface area (Å²) in [7, 11) is 0. The van der Waals surface area contributed by atoms with Gasteiger partial charge in [0.25, 0.3) is 5.91 Å². The third-order valence-corrected chi connectivity index (χ3v) is 5.05. The van der Waals surface area contributed by atoms with E-state index >= 15 is 0 Å². The topological polar surface area (TPSA) is 72.2 Å². The maximum Gasteiger partial charge on any atom is 0.278 e. The van der Waals surface area contributed by atoms with Gasteiger partial charge in [-0.2, -0.15) is 5.10 Å². The summed E-state index contributed by atoms with van der Waals surface area (Å²) in [4.78, 5) is 12.8. The van der Waals surface area contributed by atoms with Gasteiger partial charge in [-0.1, -0.05) is 48.4 Å². The van der Waals surface area contributed by atoms with Gasteiger partial charge in [-0.15, -0.1) is 10.2 Å². The fraction of sp³-hybridized carbons (Fsp3) is 0.182. The molecule has 2 heterocycles. The molecule has 2 aromatic heterocycles. The first-order chi connectivity index (χ1) is 14.0. The zero-order chi connectivity index (χ0) is 20.5. The first kappa shape index (κ1) is 19.1. The standard InChI is InChI=1S/C22H20ClN5O/c1-4-18-19(15-6-5-7-16(23)12-15)21-26-25-20(14(3)28(21)27-18)22(29)24-17-10-8-13(2)9-11-17/h5-12H,4H2,1-3H3,(H,24,29). The molecule has 0 bridgehead atoms. The Hall–Kier alpha value is -3.25. The molecule has 4 rings (SSSR count). The summed E-state index contributed by atoms with van der Waals surface area (Å²) in [6, 6.07) is 15.2. The first-order valence-corrected chi connectivity index (χ1v) is 9.74. The number of carbonyl (C=O) groups excluding carboxylic acids is 1. The number of nitrogens with zero attached hydrogens (tertiary/aromatic N) is 4. The van der Waals surface area contributed by atoms with Crippen molar-refractivity contribution in [3.05, 3.63) is 76.2 Å². The lowest BCUT2D eigenvalue weighted by atomic mass is 10.0. The Morgan fingerprint density at radius 1 is 1.10 bits per heavy atom. The maximum atomic E-state index is 12.8. The van der Waals surface area contributed by atoms with Crippen LogP contribution in [0.5, 0.6) is 0 Å². The van der Waals surface area contributed by atoms with Crippen molar-refractivity contribution in [1.29, 1.82) is 0 Å². The van der Waals surface area contributed by atoms with Crippen molar-refractivity contribution in [3.8, 4) is 11.1 Å². The van der Waals surface area contributed by atoms with Crippen LogP contribution in [-0.2, 0) is 6.42 Å². The van der Waals surface area contributed by atoms with Gasteiger partial charge in [0.1, 0.15) is 0 Å². The van der Waals surface area contributed by atoms with E-state index < -0.39 is 0 Å². The molecule has 1 N–H and O–H groups in total. The molecule has 1 amide bonds. The normalized spacial score (nSPS) is 11.0. The minimum absolute atomic E-state index is 0.237. The average Bonchev–Trinajstić information content (AvgIpc) is 3.09. The van der Waals surface area contributed by atoms with Gasteiger partial charge >= 0.3 is 0 Å². The van der Waals surface area contributed by atoms with Gasteiger partial charge in [-0.25, -0.2) is 4.52 Å². The Bertz CT molecular complexity index is 1210. The van der Waals surface area contributed by atoms with Gasteiger partial charge in [-0.05, 0) is 50.1 Å². The monoisotopic (exact) mass is 405 g/mol. The number of rotatable bonds is 4. The van der Waals surface area contributed by atoms with Crippen LogP contribution < -0.4 is 5.32 Å². The van der Waals surface area contributed by atoms with Crippen LogP contribution in [0.2, 0.25) is 5.02 Å². The van der Waals surface area contributed by atoms with Crippen molar-refractivity contribution in [1.82, 2.24) is 19.8 Å². The third-order valence-electron chi connectivity index (χ3n) is 4.81. The van der Waals surface area contributed by atoms with Crippen molar-refractivity contribution in [2.45, 2.75) is 27.2 Å². The average molecular weight is 406 g/mol. The smallest absolute Gasteiger partial charge is 0.278 e. The Balaban J connectivity index is 1.78. The highest BCUT2D eigenvalue weighted by molar-refractivity contribution is 6.30. The molecule has 0 unspecified atom stereocenters. The lowest BCUT2D eigenvalue weighted by Crippen LogP contribution is -2.18. The van der Waals surface area contributed by atoms with Crippen LogP contribution in [0.3, 0.4) is 0 Å². The summed E-state index contributed by atoms with van der Waals surface area (Å²) >= 11 is 6.18. The molecule has 0 spiro atoms. The van der Waals surface area contributed by atoms with E-state index in [9.17, 15) is 4.79 Å². The molecule has 146 valence electrons. The van der Waals surface area contributed by atoms with Crippen LogP contribution in [0.25, 0.3) is 16.8 Å². The Labute approximate surface area is 173 Å². The molecular weight excluding hydrogens is 386 g/mol. The fourth-order valence-electron chi connectivity index (χ4n) is 3.27. The van der Waals surface area contributed by atoms with Crippen LogP contribution in [0.4, 0.5) is 5.69 Å². The van der Waals surface area contributed by atoms with Crippen LogP contribution in [0, 0.1) is 13.8 Å². The Morgan fingerprint density at radius 3 is 2.55 bits per heavy atom. The summed E-state index contributed by atoms with van der Waals surface area (Å²) in [5, 5.41) is 16.8. The number of hydrogen-bond acceptors (Lipinski definition) is 4. The number of benzene rings is 2. The summed E-state index contributed by atoms with van der Waals surface area (Å²) in [5.74, 6) is -0.321. The molecule has 7 heteroatoms. The number of anilines is 1. The maximum absolute atomic E-state index is 12.8. The molecule has 0 atom stereocenters. The summed E-state index contributed by atoms with van der Waals surface area (Å²) in [5.41, 5.74) is 5.98. The van der Waals surface area contributed by atoms with Crippen molar-refractivity contribution < 1.29 is 4.79 Å². The molecule has 0 aliphatic carbocycles. The fourth-order valence-corrected chi connectivity index (χ4v) is 3.46. The summed E-state index contributed by atoms with van der Waals surface area (Å²) in [6.07, 6.45) is 0.718. The van der Waals surface area contributed by atoms with Gasteiger partial charge in [-0.3, -0.25) is 4.79 Å². The molecule has 6 nitrogen and oxygen atoms in total. The molecule has 0 radical (unpaired) electrons. The van der Waals surface area contributed by atoms with E-state index in [0.717, 1.165) is 28.8 Å². The van der Waals surface area contributed by atoms with Crippen LogP contribution in [-0.4, -0.2) is 25.7 Å². The number of fused-ring (bicyclic) bond motifs is 1. The van der Waals surface area contributed by atoms with E-state index in [0.29, 0.717) is 22.1 Å². The largest absolute Gasteiger partial charge is 0.321 e. The lowest BCUT2D eigenvalue weighted by molar-refractivity contribution is 0.102. The van der Waals surface area contributed by atoms with Crippen LogP contribution >= 0.6 is 11.6 Å². The number of halogens is 1. The zero-order valence-corrected chi connectivity index (χ0v) is 17.2. The minimum atomic E-state index is -0.321. The SMILES string of the molecule is CCc1nn2c(C)c(C(=O)Nc3ccc(C)cc3)nnc2c1-c1cccc(Cl)c1. The summed E-state index contributed by atoms with van der Waals surface area (Å²) in [6.45, 7) is 5.85. The second kappa shape index (κ2) is 7.64. The molecule has 0 saturated heterocycles. The molecule has 4 aromatic rings. The molecule has 0 fully saturated rings. The van der Waals surface area contributed by atoms with Gasteiger partial charge < -0.3 is 5.32 Å². The molecule has 0 aliphatic rings. The van der Waals surface area contributed by atoms with E-state index in [1.165, 1.54) is 0 Å². The van der Waals surface area contributed by atoms with Crippen molar-refractivity contribution >= 4 is 28.8 Å². The third kappa shape index (κ3) is 3.59. The first-order valence-electron chi connectivity index (χ1n) is 9.36. The van der Waals surface area contributed by atoms with E-state index in [2.05, 4.69) is 20.6 Å². The quantitative estimate of drug-likeness (QED) is 0.525. The number of amides is 1. The van der Waals surface area contributed by atoms with Gasteiger partial charge in [0.15, 0.2) is 11.3 Å². The summed E-state index contributed by atoms with van der Waals surface area (Å²) < 4.78 is 1.69. The van der Waals surface area contributed by atoms with E-state index in [1.54, 1.807) is 4.52 Å². The van der Waals surface area contributed by atoms with E-state index in [-0.39, 0.29) is 11.6 Å². The number of carbonyl (C=O) groups is 1. The zero-order valence-electron chi connectivity index (χ0n) is 16.4. The highest BCUT2D eigenvalue weighted by Gasteiger charge is 2.21. The lowest BCUT2D eigenvalue weighted by Gasteiger charge is -2.08. The van der Waals surface area contributed by atoms with Crippen molar-refractivity contribution in [2.24, 2.45) is 0 Å². The highest BCUT2D eigenvalue weighted by Crippen LogP contribution is 2.30. The minimum Gasteiger partial charge on any atom is -0.321 e. The Kier molecular flexibility index (Phi) is 5.03. The van der Waals surface area contributed by atoms with Crippen LogP contribution in [0.1, 0.15) is 34.4 Å². The molecule has 0 aliphatic heterocycles. The Morgan fingerprint density at radius 2 is 1.86 bits per heavy atom. The molecular formula is C22H20ClN5O. The molecule has 29 heavy (non-hydrogen) atoms.